The van der Waals surface area contributed by atoms with Gasteiger partial charge in [0, 0.05) is 41.3 Å². The number of likely N-dealkylation sites (tertiary alicyclic amines) is 1. The van der Waals surface area contributed by atoms with E-state index in [4.69, 9.17) is 17.0 Å². The van der Waals surface area contributed by atoms with Crippen molar-refractivity contribution in [2.75, 3.05) is 45.7 Å². The van der Waals surface area contributed by atoms with Crippen molar-refractivity contribution >= 4 is 51.0 Å². The number of carbonyl (C=O) groups is 1. The van der Waals surface area contributed by atoms with Gasteiger partial charge in [0.1, 0.15) is 11.9 Å². The molecule has 1 aliphatic rings. The van der Waals surface area contributed by atoms with Crippen LogP contribution in [0.15, 0.2) is 41.9 Å². The number of thiocarbonyl (C=S) groups is 1. The van der Waals surface area contributed by atoms with Crippen LogP contribution in [0.4, 0.5) is 10.1 Å². The van der Waals surface area contributed by atoms with Gasteiger partial charge < -0.3 is 14.7 Å². The number of nitrogens with zero attached hydrogens (tertiary/aromatic N) is 3. The molecule has 2 aromatic heterocycles. The standard InChI is InChI=1S/C28H34FN3O3S2/c1-31(2)23-17-30-22-7-6-19(35-3)15-20(22)27(23)21(29)8-9-28(16-26(33)34)10-12-32(13-11-28)18-24(36)25-5-4-14-37-25/h4-7,14-15,17,21H,8-13,16,18H2,1-3H3,(H,33,34)/t21-/m1/s1. The molecule has 3 aromatic rings. The van der Waals surface area contributed by atoms with E-state index in [9.17, 15) is 9.90 Å². The maximum atomic E-state index is 16.1. The number of carboxylic acid groups (broad SMARTS) is 1. The Hall–Kier alpha value is -2.62. The summed E-state index contributed by atoms with van der Waals surface area (Å²) in [7, 11) is 5.34. The fraction of sp³-hybridized carbons (Fsp3) is 0.464. The van der Waals surface area contributed by atoms with Crippen LogP contribution < -0.4 is 9.64 Å². The second kappa shape index (κ2) is 11.8. The number of aromatic nitrogens is 1. The minimum Gasteiger partial charge on any atom is -0.497 e. The minimum atomic E-state index is -1.26. The van der Waals surface area contributed by atoms with Gasteiger partial charge in [-0.1, -0.05) is 18.3 Å². The number of piperidine rings is 1. The highest BCUT2D eigenvalue weighted by Gasteiger charge is 2.37. The first-order valence-corrected chi connectivity index (χ1v) is 13.8. The van der Waals surface area contributed by atoms with Crippen LogP contribution in [-0.2, 0) is 4.79 Å². The molecule has 6 nitrogen and oxygen atoms in total. The number of alkyl halides is 1. The number of aliphatic carboxylic acids is 1. The van der Waals surface area contributed by atoms with Crippen LogP contribution in [0.5, 0.6) is 5.75 Å². The second-order valence-corrected chi connectivity index (χ2v) is 11.5. The lowest BCUT2D eigenvalue weighted by Gasteiger charge is -2.41. The number of rotatable bonds is 11. The van der Waals surface area contributed by atoms with Gasteiger partial charge >= 0.3 is 5.97 Å². The minimum absolute atomic E-state index is 0.0500. The predicted octanol–water partition coefficient (Wildman–Crippen LogP) is 6.14. The summed E-state index contributed by atoms with van der Waals surface area (Å²) >= 11 is 7.26. The highest BCUT2D eigenvalue weighted by molar-refractivity contribution is 7.81. The molecule has 9 heteroatoms. The molecule has 0 aliphatic carbocycles. The molecule has 1 fully saturated rings. The number of benzene rings is 1. The van der Waals surface area contributed by atoms with Crippen molar-refractivity contribution in [3.05, 3.63) is 52.3 Å². The number of thiophene rings is 1. The summed E-state index contributed by atoms with van der Waals surface area (Å²) in [6, 6.07) is 9.53. The lowest BCUT2D eigenvalue weighted by Crippen LogP contribution is -2.43. The Kier molecular flexibility index (Phi) is 8.77. The Bertz CT molecular complexity index is 1240. The summed E-state index contributed by atoms with van der Waals surface area (Å²) in [5.41, 5.74) is 1.57. The van der Waals surface area contributed by atoms with E-state index in [0.717, 1.165) is 33.9 Å². The van der Waals surface area contributed by atoms with Gasteiger partial charge in [-0.25, -0.2) is 4.39 Å². The number of anilines is 1. The van der Waals surface area contributed by atoms with E-state index in [1.54, 1.807) is 24.6 Å². The molecule has 1 saturated heterocycles. The zero-order chi connectivity index (χ0) is 26.6. The zero-order valence-corrected chi connectivity index (χ0v) is 23.2. The number of pyridine rings is 1. The van der Waals surface area contributed by atoms with Gasteiger partial charge in [-0.15, -0.1) is 11.3 Å². The van der Waals surface area contributed by atoms with Crippen LogP contribution in [-0.4, -0.2) is 66.7 Å². The van der Waals surface area contributed by atoms with Crippen LogP contribution >= 0.6 is 23.6 Å². The Morgan fingerprint density at radius 3 is 2.70 bits per heavy atom. The van der Waals surface area contributed by atoms with Crippen LogP contribution in [0.1, 0.15) is 48.7 Å². The zero-order valence-electron chi connectivity index (χ0n) is 21.6. The molecule has 1 N–H and O–H groups in total. The molecule has 0 bridgehead atoms. The van der Waals surface area contributed by atoms with E-state index >= 15 is 4.39 Å². The predicted molar refractivity (Wildman–Crippen MR) is 152 cm³/mol. The third kappa shape index (κ3) is 6.45. The van der Waals surface area contributed by atoms with Gasteiger partial charge in [-0.3, -0.25) is 14.7 Å². The summed E-state index contributed by atoms with van der Waals surface area (Å²) < 4.78 is 21.5. The lowest BCUT2D eigenvalue weighted by molar-refractivity contribution is -0.141. The molecule has 198 valence electrons. The van der Waals surface area contributed by atoms with Crippen LogP contribution in [0.25, 0.3) is 10.9 Å². The average Bonchev–Trinajstić information content (AvgIpc) is 3.42. The highest BCUT2D eigenvalue weighted by Crippen LogP contribution is 2.44. The molecule has 0 radical (unpaired) electrons. The third-order valence-corrected chi connectivity index (χ3v) is 8.83. The summed E-state index contributed by atoms with van der Waals surface area (Å²) in [5.74, 6) is -0.181. The molecule has 1 atom stereocenters. The van der Waals surface area contributed by atoms with E-state index in [2.05, 4.69) is 9.88 Å². The molecule has 4 rings (SSSR count). The van der Waals surface area contributed by atoms with Crippen molar-refractivity contribution in [3.63, 3.8) is 0 Å². The van der Waals surface area contributed by atoms with Crippen molar-refractivity contribution in [2.45, 2.75) is 38.3 Å². The van der Waals surface area contributed by atoms with Gasteiger partial charge in [0.25, 0.3) is 0 Å². The summed E-state index contributed by atoms with van der Waals surface area (Å²) in [6.45, 7) is 2.21. The third-order valence-electron chi connectivity index (χ3n) is 7.43. The largest absolute Gasteiger partial charge is 0.497 e. The van der Waals surface area contributed by atoms with Gasteiger partial charge in [0.05, 0.1) is 30.9 Å². The van der Waals surface area contributed by atoms with Gasteiger partial charge in [-0.2, -0.15) is 0 Å². The number of hydrogen-bond acceptors (Lipinski definition) is 7. The van der Waals surface area contributed by atoms with Gasteiger partial charge in [0.15, 0.2) is 0 Å². The number of ether oxygens (including phenoxy) is 1. The maximum Gasteiger partial charge on any atom is 0.303 e. The molecular formula is C28H34FN3O3S2. The first-order valence-electron chi connectivity index (χ1n) is 12.5. The van der Waals surface area contributed by atoms with Crippen LogP contribution in [0.2, 0.25) is 0 Å². The maximum absolute atomic E-state index is 16.1. The van der Waals surface area contributed by atoms with Gasteiger partial charge in [0.2, 0.25) is 0 Å². The van der Waals surface area contributed by atoms with E-state index in [0.29, 0.717) is 42.6 Å². The van der Waals surface area contributed by atoms with Crippen molar-refractivity contribution in [1.82, 2.24) is 9.88 Å². The summed E-state index contributed by atoms with van der Waals surface area (Å²) in [5, 5.41) is 12.5. The molecule has 0 spiro atoms. The molecule has 1 aromatic carbocycles. The summed E-state index contributed by atoms with van der Waals surface area (Å²) in [6.07, 6.45) is 2.68. The van der Waals surface area contributed by atoms with E-state index in [1.165, 1.54) is 0 Å². The number of halogens is 1. The first kappa shape index (κ1) is 27.4. The normalized spacial score (nSPS) is 16.4. The highest BCUT2D eigenvalue weighted by atomic mass is 32.1. The fourth-order valence-corrected chi connectivity index (χ4v) is 6.36. The Morgan fingerprint density at radius 1 is 1.32 bits per heavy atom. The van der Waals surface area contributed by atoms with Gasteiger partial charge in [-0.05, 0) is 73.8 Å². The molecule has 3 heterocycles. The molecule has 1 aliphatic heterocycles. The van der Waals surface area contributed by atoms with Crippen molar-refractivity contribution in [2.24, 2.45) is 5.41 Å². The number of fused-ring (bicyclic) bond motifs is 1. The van der Waals surface area contributed by atoms with Crippen molar-refractivity contribution in [3.8, 4) is 5.75 Å². The number of carboxylic acids is 1. The smallest absolute Gasteiger partial charge is 0.303 e. The topological polar surface area (TPSA) is 65.9 Å². The lowest BCUT2D eigenvalue weighted by atomic mass is 9.71. The van der Waals surface area contributed by atoms with E-state index in [-0.39, 0.29) is 12.8 Å². The Morgan fingerprint density at radius 2 is 2.08 bits per heavy atom. The second-order valence-electron chi connectivity index (χ2n) is 10.1. The van der Waals surface area contributed by atoms with Crippen molar-refractivity contribution in [1.29, 1.82) is 0 Å². The SMILES string of the molecule is COc1ccc2ncc(N(C)C)c([C@H](F)CCC3(CC(=O)O)CCN(CC(=S)c4cccs4)CC3)c2c1. The van der Waals surface area contributed by atoms with Crippen LogP contribution in [0, 0.1) is 5.41 Å². The monoisotopic (exact) mass is 543 g/mol. The molecule has 0 unspecified atom stereocenters. The average molecular weight is 544 g/mol. The summed E-state index contributed by atoms with van der Waals surface area (Å²) in [4.78, 5) is 22.5. The quantitative estimate of drug-likeness (QED) is 0.230. The molecular weight excluding hydrogens is 509 g/mol. The first-order chi connectivity index (χ1) is 17.7. The fourth-order valence-electron chi connectivity index (χ4n) is 5.31. The van der Waals surface area contributed by atoms with E-state index in [1.807, 2.05) is 54.7 Å². The van der Waals surface area contributed by atoms with E-state index < -0.39 is 17.6 Å². The Labute approximate surface area is 227 Å². The van der Waals surface area contributed by atoms with Crippen LogP contribution in [0.3, 0.4) is 0 Å². The number of hydrogen-bond donors (Lipinski definition) is 1. The Balaban J connectivity index is 1.51. The van der Waals surface area contributed by atoms with Crippen molar-refractivity contribution < 1.29 is 19.0 Å². The number of methoxy groups -OCH3 is 1. The molecule has 37 heavy (non-hydrogen) atoms. The molecule has 0 saturated carbocycles. The molecule has 0 amide bonds.